The lowest BCUT2D eigenvalue weighted by Crippen LogP contribution is -2.46. The van der Waals surface area contributed by atoms with Gasteiger partial charge in [0.1, 0.15) is 0 Å². The number of halogens is 2. The molecule has 0 bridgehead atoms. The highest BCUT2D eigenvalue weighted by Crippen LogP contribution is 2.27. The number of ether oxygens (including phenoxy) is 1. The van der Waals surface area contributed by atoms with Crippen LogP contribution in [0.5, 0.6) is 0 Å². The number of nitrogens with one attached hydrogen (secondary N) is 2. The summed E-state index contributed by atoms with van der Waals surface area (Å²) in [6.45, 7) is 8.60. The molecule has 3 rings (SSSR count). The lowest BCUT2D eigenvalue weighted by molar-refractivity contribution is 0.0170. The number of hydrogen-bond donors (Lipinski definition) is 2. The van der Waals surface area contributed by atoms with Gasteiger partial charge in [-0.15, -0.1) is 24.0 Å². The van der Waals surface area contributed by atoms with Crippen LogP contribution >= 0.6 is 35.6 Å². The molecule has 0 saturated carbocycles. The van der Waals surface area contributed by atoms with Crippen molar-refractivity contribution in [2.45, 2.75) is 32.4 Å². The molecule has 1 aromatic heterocycles. The Hall–Kier alpha value is -1.36. The first-order chi connectivity index (χ1) is 14.1. The van der Waals surface area contributed by atoms with Gasteiger partial charge in [0.05, 0.1) is 31.5 Å². The SMILES string of the molecule is CN=C(NCc1cc(C(C)C)no1)NCC(c1ccccc1Cl)N1CCOCC1.I. The zero-order valence-corrected chi connectivity index (χ0v) is 20.8. The van der Waals surface area contributed by atoms with E-state index < -0.39 is 0 Å². The van der Waals surface area contributed by atoms with Gasteiger partial charge < -0.3 is 19.9 Å². The molecule has 2 aromatic rings. The van der Waals surface area contributed by atoms with Crippen molar-refractivity contribution in [2.75, 3.05) is 39.9 Å². The molecule has 2 heterocycles. The lowest BCUT2D eigenvalue weighted by Gasteiger charge is -2.35. The van der Waals surface area contributed by atoms with E-state index in [0.29, 0.717) is 25.0 Å². The third-order valence-electron chi connectivity index (χ3n) is 5.04. The zero-order chi connectivity index (χ0) is 20.6. The van der Waals surface area contributed by atoms with Crippen molar-refractivity contribution in [1.29, 1.82) is 0 Å². The van der Waals surface area contributed by atoms with E-state index in [-0.39, 0.29) is 30.0 Å². The smallest absolute Gasteiger partial charge is 0.191 e. The first kappa shape index (κ1) is 24.9. The molecule has 1 saturated heterocycles. The molecule has 1 unspecified atom stereocenters. The summed E-state index contributed by atoms with van der Waals surface area (Å²) in [4.78, 5) is 6.73. The van der Waals surface area contributed by atoms with Crippen LogP contribution in [-0.2, 0) is 11.3 Å². The van der Waals surface area contributed by atoms with Crippen LogP contribution in [-0.4, -0.2) is 55.9 Å². The third-order valence-corrected chi connectivity index (χ3v) is 5.38. The maximum absolute atomic E-state index is 6.51. The fraction of sp³-hybridized carbons (Fsp3) is 0.524. The summed E-state index contributed by atoms with van der Waals surface area (Å²) < 4.78 is 10.9. The Balaban J connectivity index is 0.00000320. The minimum absolute atomic E-state index is 0. The van der Waals surface area contributed by atoms with E-state index in [4.69, 9.17) is 20.9 Å². The summed E-state index contributed by atoms with van der Waals surface area (Å²) in [5.41, 5.74) is 2.06. The molecule has 166 valence electrons. The van der Waals surface area contributed by atoms with E-state index in [2.05, 4.69) is 45.6 Å². The van der Waals surface area contributed by atoms with Crippen LogP contribution in [0.25, 0.3) is 0 Å². The van der Waals surface area contributed by atoms with Crippen LogP contribution in [0, 0.1) is 0 Å². The van der Waals surface area contributed by atoms with Gasteiger partial charge in [0.2, 0.25) is 0 Å². The van der Waals surface area contributed by atoms with E-state index in [1.54, 1.807) is 7.05 Å². The highest BCUT2D eigenvalue weighted by atomic mass is 127. The Morgan fingerprint density at radius 1 is 1.23 bits per heavy atom. The van der Waals surface area contributed by atoms with E-state index >= 15 is 0 Å². The summed E-state index contributed by atoms with van der Waals surface area (Å²) in [5.74, 6) is 1.83. The van der Waals surface area contributed by atoms with Gasteiger partial charge in [-0.3, -0.25) is 9.89 Å². The highest BCUT2D eigenvalue weighted by Gasteiger charge is 2.24. The number of guanidine groups is 1. The van der Waals surface area contributed by atoms with Gasteiger partial charge in [0.25, 0.3) is 0 Å². The predicted octanol–water partition coefficient (Wildman–Crippen LogP) is 3.81. The molecule has 1 fully saturated rings. The predicted molar refractivity (Wildman–Crippen MR) is 131 cm³/mol. The second-order valence-corrected chi connectivity index (χ2v) is 7.77. The van der Waals surface area contributed by atoms with Gasteiger partial charge in [-0.1, -0.05) is 48.8 Å². The van der Waals surface area contributed by atoms with Crippen molar-refractivity contribution in [3.05, 3.63) is 52.4 Å². The molecular formula is C21H31ClIN5O2. The monoisotopic (exact) mass is 547 g/mol. The van der Waals surface area contributed by atoms with E-state index in [1.807, 2.05) is 24.3 Å². The van der Waals surface area contributed by atoms with Gasteiger partial charge in [-0.25, -0.2) is 0 Å². The van der Waals surface area contributed by atoms with Crippen molar-refractivity contribution in [3.63, 3.8) is 0 Å². The van der Waals surface area contributed by atoms with E-state index in [9.17, 15) is 0 Å². The second kappa shape index (κ2) is 12.5. The molecule has 1 atom stereocenters. The quantitative estimate of drug-likeness (QED) is 0.312. The molecule has 0 radical (unpaired) electrons. The van der Waals surface area contributed by atoms with Crippen LogP contribution in [0.4, 0.5) is 0 Å². The van der Waals surface area contributed by atoms with Crippen molar-refractivity contribution in [2.24, 2.45) is 4.99 Å². The second-order valence-electron chi connectivity index (χ2n) is 7.37. The highest BCUT2D eigenvalue weighted by molar-refractivity contribution is 14.0. The van der Waals surface area contributed by atoms with Crippen LogP contribution < -0.4 is 10.6 Å². The molecule has 7 nitrogen and oxygen atoms in total. The van der Waals surface area contributed by atoms with E-state index in [0.717, 1.165) is 48.3 Å². The summed E-state index contributed by atoms with van der Waals surface area (Å²) in [6, 6.07) is 10.1. The van der Waals surface area contributed by atoms with Gasteiger partial charge >= 0.3 is 0 Å². The van der Waals surface area contributed by atoms with Crippen LogP contribution in [0.1, 0.15) is 42.8 Å². The largest absolute Gasteiger partial charge is 0.379 e. The maximum atomic E-state index is 6.51. The standard InChI is InChI=1S/C21H30ClN5O2.HI/c1-15(2)19-12-16(29-26-19)13-24-21(23-3)25-14-20(27-8-10-28-11-9-27)17-6-4-5-7-18(17)22;/h4-7,12,15,20H,8-11,13-14H2,1-3H3,(H2,23,24,25);1H. The molecule has 0 amide bonds. The molecule has 1 aliphatic heterocycles. The Bertz CT molecular complexity index is 808. The number of rotatable bonds is 7. The Morgan fingerprint density at radius 2 is 1.97 bits per heavy atom. The van der Waals surface area contributed by atoms with Crippen LogP contribution in [0.2, 0.25) is 5.02 Å². The molecule has 1 aliphatic rings. The topological polar surface area (TPSA) is 74.9 Å². The molecule has 1 aromatic carbocycles. The summed E-state index contributed by atoms with van der Waals surface area (Å²) in [7, 11) is 1.76. The summed E-state index contributed by atoms with van der Waals surface area (Å²) in [5, 5.41) is 11.6. The average Bonchev–Trinajstić information content (AvgIpc) is 3.22. The normalized spacial score (nSPS) is 16.2. The van der Waals surface area contributed by atoms with Gasteiger partial charge in [0, 0.05) is 37.8 Å². The van der Waals surface area contributed by atoms with Crippen LogP contribution in [0.3, 0.4) is 0 Å². The number of hydrogen-bond acceptors (Lipinski definition) is 5. The minimum Gasteiger partial charge on any atom is -0.379 e. The summed E-state index contributed by atoms with van der Waals surface area (Å²) >= 11 is 6.51. The Morgan fingerprint density at radius 3 is 2.60 bits per heavy atom. The Kier molecular flexibility index (Phi) is 10.4. The number of morpholine rings is 1. The molecule has 0 spiro atoms. The molecule has 0 aliphatic carbocycles. The minimum atomic E-state index is 0. The van der Waals surface area contributed by atoms with Gasteiger partial charge in [0.15, 0.2) is 11.7 Å². The van der Waals surface area contributed by atoms with E-state index in [1.165, 1.54) is 0 Å². The Labute approximate surface area is 200 Å². The van der Waals surface area contributed by atoms with Crippen molar-refractivity contribution in [1.82, 2.24) is 20.7 Å². The van der Waals surface area contributed by atoms with Crippen LogP contribution in [0.15, 0.2) is 39.8 Å². The molecule has 2 N–H and O–H groups in total. The zero-order valence-electron chi connectivity index (χ0n) is 17.7. The first-order valence-corrected chi connectivity index (χ1v) is 10.4. The number of benzene rings is 1. The van der Waals surface area contributed by atoms with Crippen molar-refractivity contribution >= 4 is 41.5 Å². The lowest BCUT2D eigenvalue weighted by atomic mass is 10.0. The maximum Gasteiger partial charge on any atom is 0.191 e. The fourth-order valence-corrected chi connectivity index (χ4v) is 3.60. The average molecular weight is 548 g/mol. The molecule has 30 heavy (non-hydrogen) atoms. The van der Waals surface area contributed by atoms with Crippen molar-refractivity contribution < 1.29 is 9.26 Å². The number of aromatic nitrogens is 1. The third kappa shape index (κ3) is 6.83. The fourth-order valence-electron chi connectivity index (χ4n) is 3.34. The number of nitrogens with zero attached hydrogens (tertiary/aromatic N) is 3. The van der Waals surface area contributed by atoms with Gasteiger partial charge in [-0.05, 0) is 17.5 Å². The molecule has 9 heteroatoms. The number of aliphatic imine (C=N–C) groups is 1. The van der Waals surface area contributed by atoms with Gasteiger partial charge in [-0.2, -0.15) is 0 Å². The summed E-state index contributed by atoms with van der Waals surface area (Å²) in [6.07, 6.45) is 0. The first-order valence-electron chi connectivity index (χ1n) is 10.0. The molecular weight excluding hydrogens is 517 g/mol. The van der Waals surface area contributed by atoms with Crippen molar-refractivity contribution in [3.8, 4) is 0 Å².